The van der Waals surface area contributed by atoms with Crippen LogP contribution in [0.15, 0.2) is 28.8 Å². The fourth-order valence-electron chi connectivity index (χ4n) is 2.30. The second-order valence-corrected chi connectivity index (χ2v) is 6.26. The Morgan fingerprint density at radius 3 is 2.75 bits per heavy atom. The van der Waals surface area contributed by atoms with Gasteiger partial charge in [-0.2, -0.15) is 4.98 Å². The van der Waals surface area contributed by atoms with E-state index in [1.807, 2.05) is 12.1 Å². The molecule has 0 spiro atoms. The standard InChI is InChI=1S/C16H19ClN4O2.ClH/c17-12-5-3-11(4-6-12)16-20-15(23-21-16)8-7-14(22)19-9-13(18)10-1-2-10;/h3-6,10,13H,1-2,7-9,18H2,(H,19,22);1H. The molecule has 1 saturated carbocycles. The highest BCUT2D eigenvalue weighted by molar-refractivity contribution is 6.30. The van der Waals surface area contributed by atoms with E-state index in [9.17, 15) is 4.79 Å². The summed E-state index contributed by atoms with van der Waals surface area (Å²) in [6, 6.07) is 7.25. The maximum Gasteiger partial charge on any atom is 0.227 e. The molecule has 3 N–H and O–H groups in total. The molecule has 1 aromatic carbocycles. The summed E-state index contributed by atoms with van der Waals surface area (Å²) >= 11 is 5.85. The number of hydrogen-bond donors (Lipinski definition) is 2. The van der Waals surface area contributed by atoms with E-state index in [1.54, 1.807) is 12.1 Å². The van der Waals surface area contributed by atoms with Gasteiger partial charge >= 0.3 is 0 Å². The zero-order valence-corrected chi connectivity index (χ0v) is 14.6. The summed E-state index contributed by atoms with van der Waals surface area (Å²) < 4.78 is 5.17. The highest BCUT2D eigenvalue weighted by Crippen LogP contribution is 2.31. The first-order valence-corrected chi connectivity index (χ1v) is 8.10. The third-order valence-corrected chi connectivity index (χ3v) is 4.15. The van der Waals surface area contributed by atoms with Crippen LogP contribution in [0.1, 0.15) is 25.2 Å². The quantitative estimate of drug-likeness (QED) is 0.780. The Bertz CT molecular complexity index is 671. The number of hydrogen-bond acceptors (Lipinski definition) is 5. The number of halogens is 2. The molecule has 8 heteroatoms. The minimum Gasteiger partial charge on any atom is -0.355 e. The summed E-state index contributed by atoms with van der Waals surface area (Å²) in [4.78, 5) is 16.1. The lowest BCUT2D eigenvalue weighted by Gasteiger charge is -2.10. The fraction of sp³-hybridized carbons (Fsp3) is 0.438. The minimum atomic E-state index is -0.0488. The molecule has 1 heterocycles. The SMILES string of the molecule is Cl.NC(CNC(=O)CCc1nc(-c2ccc(Cl)cc2)no1)C1CC1. The number of benzene rings is 1. The van der Waals surface area contributed by atoms with Gasteiger partial charge in [-0.3, -0.25) is 4.79 Å². The van der Waals surface area contributed by atoms with Crippen LogP contribution < -0.4 is 11.1 Å². The Morgan fingerprint density at radius 1 is 1.38 bits per heavy atom. The first-order chi connectivity index (χ1) is 11.1. The van der Waals surface area contributed by atoms with E-state index in [0.29, 0.717) is 42.0 Å². The molecule has 24 heavy (non-hydrogen) atoms. The normalized spacial score (nSPS) is 14.8. The number of nitrogens with two attached hydrogens (primary N) is 1. The average molecular weight is 371 g/mol. The first kappa shape index (κ1) is 18.7. The van der Waals surface area contributed by atoms with Gasteiger partial charge < -0.3 is 15.6 Å². The average Bonchev–Trinajstić information content (AvgIpc) is 3.30. The van der Waals surface area contributed by atoms with Gasteiger partial charge in [-0.1, -0.05) is 16.8 Å². The van der Waals surface area contributed by atoms with Crippen molar-refractivity contribution in [1.82, 2.24) is 15.5 Å². The Balaban J connectivity index is 0.00000208. The fourth-order valence-corrected chi connectivity index (χ4v) is 2.43. The minimum absolute atomic E-state index is 0. The molecule has 2 aromatic rings. The van der Waals surface area contributed by atoms with Gasteiger partial charge in [-0.15, -0.1) is 12.4 Å². The van der Waals surface area contributed by atoms with Crippen LogP contribution in [0.25, 0.3) is 11.4 Å². The molecular weight excluding hydrogens is 351 g/mol. The number of amides is 1. The molecule has 0 saturated heterocycles. The monoisotopic (exact) mass is 370 g/mol. The molecule has 1 aliphatic rings. The molecule has 0 aliphatic heterocycles. The topological polar surface area (TPSA) is 94.0 Å². The van der Waals surface area contributed by atoms with Crippen molar-refractivity contribution in [2.24, 2.45) is 11.7 Å². The molecular formula is C16H20Cl2N4O2. The molecule has 1 aromatic heterocycles. The smallest absolute Gasteiger partial charge is 0.227 e. The molecule has 0 radical (unpaired) electrons. The highest BCUT2D eigenvalue weighted by Gasteiger charge is 2.28. The van der Waals surface area contributed by atoms with E-state index in [2.05, 4.69) is 15.5 Å². The van der Waals surface area contributed by atoms with E-state index >= 15 is 0 Å². The van der Waals surface area contributed by atoms with Crippen molar-refractivity contribution in [2.45, 2.75) is 31.7 Å². The number of rotatable bonds is 7. The Labute approximate surface area is 151 Å². The molecule has 1 fully saturated rings. The van der Waals surface area contributed by atoms with Crippen molar-refractivity contribution in [1.29, 1.82) is 0 Å². The van der Waals surface area contributed by atoms with E-state index in [4.69, 9.17) is 21.9 Å². The molecule has 6 nitrogen and oxygen atoms in total. The van der Waals surface area contributed by atoms with Gasteiger partial charge in [0.25, 0.3) is 0 Å². The third kappa shape index (κ3) is 5.19. The maximum atomic E-state index is 11.8. The second kappa shape index (κ2) is 8.46. The second-order valence-electron chi connectivity index (χ2n) is 5.82. The van der Waals surface area contributed by atoms with Gasteiger partial charge in [0.2, 0.25) is 17.6 Å². The third-order valence-electron chi connectivity index (χ3n) is 3.90. The van der Waals surface area contributed by atoms with Crippen LogP contribution in [-0.2, 0) is 11.2 Å². The van der Waals surface area contributed by atoms with Crippen molar-refractivity contribution in [3.05, 3.63) is 35.2 Å². The molecule has 1 atom stereocenters. The molecule has 3 rings (SSSR count). The van der Waals surface area contributed by atoms with Crippen molar-refractivity contribution < 1.29 is 9.32 Å². The zero-order valence-electron chi connectivity index (χ0n) is 13.1. The van der Waals surface area contributed by atoms with Crippen LogP contribution in [0, 0.1) is 5.92 Å². The summed E-state index contributed by atoms with van der Waals surface area (Å²) in [5.74, 6) is 1.46. The van der Waals surface area contributed by atoms with Gasteiger partial charge in [0.1, 0.15) is 0 Å². The summed E-state index contributed by atoms with van der Waals surface area (Å²) in [6.07, 6.45) is 3.06. The van der Waals surface area contributed by atoms with Crippen LogP contribution in [0.4, 0.5) is 0 Å². The molecule has 1 aliphatic carbocycles. The molecule has 130 valence electrons. The Morgan fingerprint density at radius 2 is 2.08 bits per heavy atom. The van der Waals surface area contributed by atoms with E-state index in [1.165, 1.54) is 12.8 Å². The lowest BCUT2D eigenvalue weighted by molar-refractivity contribution is -0.121. The first-order valence-electron chi connectivity index (χ1n) is 7.72. The van der Waals surface area contributed by atoms with Gasteiger partial charge in [-0.25, -0.2) is 0 Å². The summed E-state index contributed by atoms with van der Waals surface area (Å²) in [6.45, 7) is 0.531. The number of carbonyl (C=O) groups is 1. The molecule has 0 bridgehead atoms. The largest absolute Gasteiger partial charge is 0.355 e. The molecule has 1 amide bonds. The number of nitrogens with zero attached hydrogens (tertiary/aromatic N) is 2. The van der Waals surface area contributed by atoms with Crippen molar-refractivity contribution in [3.8, 4) is 11.4 Å². The summed E-state index contributed by atoms with van der Waals surface area (Å²) in [7, 11) is 0. The summed E-state index contributed by atoms with van der Waals surface area (Å²) in [5.41, 5.74) is 6.77. The van der Waals surface area contributed by atoms with Gasteiger partial charge in [0.05, 0.1) is 0 Å². The predicted molar refractivity (Wildman–Crippen MR) is 94.0 cm³/mol. The Kier molecular flexibility index (Phi) is 6.60. The number of aryl methyl sites for hydroxylation is 1. The van der Waals surface area contributed by atoms with Crippen molar-refractivity contribution in [3.63, 3.8) is 0 Å². The van der Waals surface area contributed by atoms with E-state index in [-0.39, 0.29) is 24.4 Å². The van der Waals surface area contributed by atoms with Gasteiger partial charge in [-0.05, 0) is 43.0 Å². The predicted octanol–water partition coefficient (Wildman–Crippen LogP) is 2.60. The van der Waals surface area contributed by atoms with Crippen LogP contribution in [0.5, 0.6) is 0 Å². The van der Waals surface area contributed by atoms with Crippen LogP contribution >= 0.6 is 24.0 Å². The maximum absolute atomic E-state index is 11.8. The lowest BCUT2D eigenvalue weighted by Crippen LogP contribution is -2.38. The highest BCUT2D eigenvalue weighted by atomic mass is 35.5. The van der Waals surface area contributed by atoms with E-state index < -0.39 is 0 Å². The van der Waals surface area contributed by atoms with Crippen LogP contribution in [0.2, 0.25) is 5.02 Å². The lowest BCUT2D eigenvalue weighted by atomic mass is 10.2. The van der Waals surface area contributed by atoms with Gasteiger partial charge in [0, 0.05) is 36.0 Å². The molecule has 1 unspecified atom stereocenters. The zero-order chi connectivity index (χ0) is 16.2. The van der Waals surface area contributed by atoms with Gasteiger partial charge in [0.15, 0.2) is 0 Å². The summed E-state index contributed by atoms with van der Waals surface area (Å²) in [5, 5.41) is 7.42. The number of nitrogens with one attached hydrogen (secondary N) is 1. The van der Waals surface area contributed by atoms with Crippen molar-refractivity contribution >= 4 is 29.9 Å². The number of carbonyl (C=O) groups excluding carboxylic acids is 1. The van der Waals surface area contributed by atoms with Crippen LogP contribution in [-0.4, -0.2) is 28.6 Å². The van der Waals surface area contributed by atoms with E-state index in [0.717, 1.165) is 5.56 Å². The number of aromatic nitrogens is 2. The van der Waals surface area contributed by atoms with Crippen LogP contribution in [0.3, 0.4) is 0 Å². The van der Waals surface area contributed by atoms with Crippen molar-refractivity contribution in [2.75, 3.05) is 6.54 Å². The Hall–Kier alpha value is -1.63.